The third kappa shape index (κ3) is 3.06. The van der Waals surface area contributed by atoms with Gasteiger partial charge < -0.3 is 14.8 Å². The van der Waals surface area contributed by atoms with Gasteiger partial charge in [0.05, 0.1) is 18.2 Å². The van der Waals surface area contributed by atoms with Gasteiger partial charge in [0.1, 0.15) is 0 Å². The highest BCUT2D eigenvalue weighted by Crippen LogP contribution is 2.40. The molecular weight excluding hydrogens is 306 g/mol. The number of halogens is 1. The van der Waals surface area contributed by atoms with Crippen LogP contribution in [0.1, 0.15) is 37.3 Å². The van der Waals surface area contributed by atoms with Gasteiger partial charge in [-0.1, -0.05) is 0 Å². The van der Waals surface area contributed by atoms with Crippen molar-refractivity contribution in [2.24, 2.45) is 5.92 Å². The molecular formula is C15H20BrNO2. The molecule has 1 aliphatic heterocycles. The summed E-state index contributed by atoms with van der Waals surface area (Å²) in [4.78, 5) is 0. The number of methoxy groups -OCH3 is 1. The molecule has 1 heterocycles. The Balaban J connectivity index is 1.84. The quantitative estimate of drug-likeness (QED) is 0.895. The van der Waals surface area contributed by atoms with Crippen molar-refractivity contribution in [3.8, 4) is 11.5 Å². The monoisotopic (exact) mass is 325 g/mol. The molecule has 1 atom stereocenters. The Labute approximate surface area is 122 Å². The molecule has 1 N–H and O–H groups in total. The molecule has 2 aliphatic rings. The normalized spacial score (nSPS) is 22.5. The van der Waals surface area contributed by atoms with E-state index in [9.17, 15) is 0 Å². The first kappa shape index (κ1) is 13.3. The van der Waals surface area contributed by atoms with Crippen molar-refractivity contribution in [2.45, 2.75) is 31.7 Å². The van der Waals surface area contributed by atoms with Gasteiger partial charge in [-0.15, -0.1) is 0 Å². The van der Waals surface area contributed by atoms with Gasteiger partial charge in [0.2, 0.25) is 0 Å². The standard InChI is InChI=1S/C15H20BrNO2/c1-18-15-12(16)7-11(13-3-2-6-17-13)8-14(15)19-9-10-4-5-10/h7-8,10,13,17H,2-6,9H2,1H3. The average molecular weight is 326 g/mol. The summed E-state index contributed by atoms with van der Waals surface area (Å²) in [5, 5.41) is 3.52. The fourth-order valence-electron chi connectivity index (χ4n) is 2.56. The summed E-state index contributed by atoms with van der Waals surface area (Å²) >= 11 is 3.60. The highest BCUT2D eigenvalue weighted by molar-refractivity contribution is 9.10. The summed E-state index contributed by atoms with van der Waals surface area (Å²) < 4.78 is 12.4. The zero-order valence-electron chi connectivity index (χ0n) is 11.2. The summed E-state index contributed by atoms with van der Waals surface area (Å²) in [5.74, 6) is 2.42. The van der Waals surface area contributed by atoms with Crippen molar-refractivity contribution in [2.75, 3.05) is 20.3 Å². The van der Waals surface area contributed by atoms with Crippen LogP contribution in [0.2, 0.25) is 0 Å². The lowest BCUT2D eigenvalue weighted by Gasteiger charge is -2.17. The van der Waals surface area contributed by atoms with Gasteiger partial charge in [-0.05, 0) is 71.8 Å². The lowest BCUT2D eigenvalue weighted by atomic mass is 10.0. The van der Waals surface area contributed by atoms with Gasteiger partial charge in [0.15, 0.2) is 11.5 Å². The molecule has 1 saturated heterocycles. The maximum atomic E-state index is 5.95. The van der Waals surface area contributed by atoms with Crippen molar-refractivity contribution < 1.29 is 9.47 Å². The molecule has 0 radical (unpaired) electrons. The van der Waals surface area contributed by atoms with E-state index in [1.165, 1.54) is 31.2 Å². The zero-order valence-corrected chi connectivity index (χ0v) is 12.8. The average Bonchev–Trinajstić information content (AvgIpc) is 3.07. The van der Waals surface area contributed by atoms with Crippen LogP contribution in [-0.2, 0) is 0 Å². The van der Waals surface area contributed by atoms with Crippen molar-refractivity contribution in [3.63, 3.8) is 0 Å². The van der Waals surface area contributed by atoms with Crippen molar-refractivity contribution in [1.82, 2.24) is 5.32 Å². The van der Waals surface area contributed by atoms with Crippen LogP contribution in [0.25, 0.3) is 0 Å². The first-order chi connectivity index (χ1) is 9.28. The molecule has 0 amide bonds. The second-order valence-corrected chi connectivity index (χ2v) is 6.29. The third-order valence-electron chi connectivity index (χ3n) is 3.87. The van der Waals surface area contributed by atoms with Gasteiger partial charge >= 0.3 is 0 Å². The minimum atomic E-state index is 0.450. The molecule has 1 unspecified atom stereocenters. The van der Waals surface area contributed by atoms with E-state index in [2.05, 4.69) is 33.4 Å². The smallest absolute Gasteiger partial charge is 0.174 e. The first-order valence-corrected chi connectivity index (χ1v) is 7.81. The number of nitrogens with one attached hydrogen (secondary N) is 1. The fraction of sp³-hybridized carbons (Fsp3) is 0.600. The lowest BCUT2D eigenvalue weighted by Crippen LogP contribution is -2.13. The molecule has 1 aromatic rings. The molecule has 4 heteroatoms. The number of hydrogen-bond donors (Lipinski definition) is 1. The van der Waals surface area contributed by atoms with E-state index < -0.39 is 0 Å². The van der Waals surface area contributed by atoms with Crippen LogP contribution < -0.4 is 14.8 Å². The number of hydrogen-bond acceptors (Lipinski definition) is 3. The maximum Gasteiger partial charge on any atom is 0.174 e. The zero-order chi connectivity index (χ0) is 13.2. The fourth-order valence-corrected chi connectivity index (χ4v) is 3.18. The van der Waals surface area contributed by atoms with Crippen molar-refractivity contribution in [1.29, 1.82) is 0 Å². The van der Waals surface area contributed by atoms with Crippen LogP contribution in [0, 0.1) is 5.92 Å². The first-order valence-electron chi connectivity index (χ1n) is 7.01. The highest BCUT2D eigenvalue weighted by atomic mass is 79.9. The maximum absolute atomic E-state index is 5.95. The molecule has 1 saturated carbocycles. The summed E-state index contributed by atoms with van der Waals surface area (Å²) in [6, 6.07) is 4.73. The Morgan fingerprint density at radius 2 is 2.16 bits per heavy atom. The Kier molecular flexibility index (Phi) is 3.99. The van der Waals surface area contributed by atoms with Gasteiger partial charge in [0.25, 0.3) is 0 Å². The molecule has 0 bridgehead atoms. The van der Waals surface area contributed by atoms with E-state index in [1.807, 2.05) is 0 Å². The van der Waals surface area contributed by atoms with Gasteiger partial charge in [-0.25, -0.2) is 0 Å². The summed E-state index contributed by atoms with van der Waals surface area (Å²) in [7, 11) is 1.69. The molecule has 104 valence electrons. The highest BCUT2D eigenvalue weighted by Gasteiger charge is 2.24. The van der Waals surface area contributed by atoms with Crippen LogP contribution in [-0.4, -0.2) is 20.3 Å². The summed E-state index contributed by atoms with van der Waals surface area (Å²) in [5.41, 5.74) is 1.29. The van der Waals surface area contributed by atoms with Crippen LogP contribution in [0.5, 0.6) is 11.5 Å². The van der Waals surface area contributed by atoms with E-state index >= 15 is 0 Å². The van der Waals surface area contributed by atoms with Gasteiger partial charge in [-0.2, -0.15) is 0 Å². The molecule has 2 fully saturated rings. The molecule has 1 aromatic carbocycles. The van der Waals surface area contributed by atoms with E-state index in [0.717, 1.165) is 35.0 Å². The van der Waals surface area contributed by atoms with E-state index in [0.29, 0.717) is 6.04 Å². The minimum Gasteiger partial charge on any atom is -0.492 e. The Morgan fingerprint density at radius 1 is 1.32 bits per heavy atom. The van der Waals surface area contributed by atoms with E-state index in [4.69, 9.17) is 9.47 Å². The molecule has 0 spiro atoms. The lowest BCUT2D eigenvalue weighted by molar-refractivity contribution is 0.279. The molecule has 0 aromatic heterocycles. The topological polar surface area (TPSA) is 30.5 Å². The number of benzene rings is 1. The van der Waals surface area contributed by atoms with Gasteiger partial charge in [0, 0.05) is 6.04 Å². The second-order valence-electron chi connectivity index (χ2n) is 5.44. The molecule has 19 heavy (non-hydrogen) atoms. The Morgan fingerprint density at radius 3 is 2.79 bits per heavy atom. The summed E-state index contributed by atoms with van der Waals surface area (Å²) in [6.45, 7) is 1.91. The minimum absolute atomic E-state index is 0.450. The van der Waals surface area contributed by atoms with Crippen LogP contribution in [0.4, 0.5) is 0 Å². The number of ether oxygens (including phenoxy) is 2. The van der Waals surface area contributed by atoms with Crippen LogP contribution in [0.3, 0.4) is 0 Å². The number of rotatable bonds is 5. The van der Waals surface area contributed by atoms with E-state index in [1.54, 1.807) is 7.11 Å². The SMILES string of the molecule is COc1c(Br)cc(C2CCCN2)cc1OCC1CC1. The molecule has 3 rings (SSSR count). The molecule has 1 aliphatic carbocycles. The molecule has 3 nitrogen and oxygen atoms in total. The largest absolute Gasteiger partial charge is 0.492 e. The van der Waals surface area contributed by atoms with Crippen LogP contribution >= 0.6 is 15.9 Å². The van der Waals surface area contributed by atoms with Crippen molar-refractivity contribution in [3.05, 3.63) is 22.2 Å². The van der Waals surface area contributed by atoms with E-state index in [-0.39, 0.29) is 0 Å². The third-order valence-corrected chi connectivity index (χ3v) is 4.46. The van der Waals surface area contributed by atoms with Crippen molar-refractivity contribution >= 4 is 15.9 Å². The Hall–Kier alpha value is -0.740. The summed E-state index contributed by atoms with van der Waals surface area (Å²) in [6.07, 6.45) is 5.04. The Bertz CT molecular complexity index is 454. The predicted molar refractivity (Wildman–Crippen MR) is 78.9 cm³/mol. The second kappa shape index (κ2) is 5.71. The van der Waals surface area contributed by atoms with Gasteiger partial charge in [-0.3, -0.25) is 0 Å². The predicted octanol–water partition coefficient (Wildman–Crippen LogP) is 3.67. The van der Waals surface area contributed by atoms with Crippen LogP contribution in [0.15, 0.2) is 16.6 Å².